The Kier molecular flexibility index (Phi) is 2.70. The van der Waals surface area contributed by atoms with Crippen molar-refractivity contribution >= 4 is 21.4 Å². The lowest BCUT2D eigenvalue weighted by Crippen LogP contribution is -2.16. The van der Waals surface area contributed by atoms with Gasteiger partial charge >= 0.3 is 0 Å². The molecule has 0 saturated heterocycles. The third kappa shape index (κ3) is 1.87. The van der Waals surface area contributed by atoms with Crippen LogP contribution in [0.25, 0.3) is 10.1 Å². The van der Waals surface area contributed by atoms with Crippen LogP contribution in [0.5, 0.6) is 0 Å². The van der Waals surface area contributed by atoms with Crippen LogP contribution in [0.1, 0.15) is 30.9 Å². The van der Waals surface area contributed by atoms with Crippen molar-refractivity contribution < 1.29 is 0 Å². The second-order valence-corrected chi connectivity index (χ2v) is 5.62. The molecule has 1 aliphatic rings. The molecular formula is C14H17NS. The van der Waals surface area contributed by atoms with E-state index in [1.807, 2.05) is 11.3 Å². The quantitative estimate of drug-likeness (QED) is 0.839. The summed E-state index contributed by atoms with van der Waals surface area (Å²) in [5.74, 6) is 0.969. The fourth-order valence-electron chi connectivity index (χ4n) is 2.36. The van der Waals surface area contributed by atoms with Crippen LogP contribution < -0.4 is 5.32 Å². The van der Waals surface area contributed by atoms with Gasteiger partial charge < -0.3 is 5.32 Å². The summed E-state index contributed by atoms with van der Waals surface area (Å²) in [6, 6.07) is 9.27. The third-order valence-corrected chi connectivity index (χ3v) is 4.48. The molecule has 2 aromatic rings. The van der Waals surface area contributed by atoms with Crippen molar-refractivity contribution in [3.63, 3.8) is 0 Å². The van der Waals surface area contributed by atoms with Crippen LogP contribution in [0.15, 0.2) is 29.6 Å². The van der Waals surface area contributed by atoms with Gasteiger partial charge in [0.25, 0.3) is 0 Å². The van der Waals surface area contributed by atoms with Gasteiger partial charge in [-0.2, -0.15) is 0 Å². The van der Waals surface area contributed by atoms with Gasteiger partial charge in [0.2, 0.25) is 0 Å². The Balaban J connectivity index is 1.95. The summed E-state index contributed by atoms with van der Waals surface area (Å²) in [5.41, 5.74) is 1.50. The first-order chi connectivity index (χ1) is 7.88. The van der Waals surface area contributed by atoms with Gasteiger partial charge in [-0.3, -0.25) is 0 Å². The Morgan fingerprint density at radius 2 is 2.19 bits per heavy atom. The van der Waals surface area contributed by atoms with E-state index in [4.69, 9.17) is 0 Å². The van der Waals surface area contributed by atoms with E-state index in [-0.39, 0.29) is 0 Å². The molecule has 1 heterocycles. The van der Waals surface area contributed by atoms with Gasteiger partial charge in [-0.25, -0.2) is 0 Å². The van der Waals surface area contributed by atoms with E-state index in [9.17, 15) is 0 Å². The van der Waals surface area contributed by atoms with Gasteiger partial charge in [-0.15, -0.1) is 11.3 Å². The van der Waals surface area contributed by atoms with Crippen LogP contribution in [0.2, 0.25) is 0 Å². The number of fused-ring (bicyclic) bond motifs is 1. The van der Waals surface area contributed by atoms with Crippen LogP contribution in [0.3, 0.4) is 0 Å². The number of thiophene rings is 1. The van der Waals surface area contributed by atoms with Crippen LogP contribution >= 0.6 is 11.3 Å². The molecule has 1 nitrogen and oxygen atoms in total. The van der Waals surface area contributed by atoms with E-state index in [1.165, 1.54) is 34.9 Å². The zero-order chi connectivity index (χ0) is 11.0. The Morgan fingerprint density at radius 3 is 2.94 bits per heavy atom. The maximum atomic E-state index is 3.47. The predicted octanol–water partition coefficient (Wildman–Crippen LogP) is 3.96. The summed E-state index contributed by atoms with van der Waals surface area (Å²) in [6.45, 7) is 0. The van der Waals surface area contributed by atoms with Gasteiger partial charge in [0.1, 0.15) is 0 Å². The lowest BCUT2D eigenvalue weighted by Gasteiger charge is -2.15. The lowest BCUT2D eigenvalue weighted by atomic mass is 10.0. The van der Waals surface area contributed by atoms with Gasteiger partial charge in [-0.1, -0.05) is 31.0 Å². The molecule has 0 radical (unpaired) electrons. The standard InChI is InChI=1S/C14H17NS/c1-15-13(8-10-6-7-10)12-9-16-14-5-3-2-4-11(12)14/h2-5,9-10,13,15H,6-8H2,1H3. The summed E-state index contributed by atoms with van der Waals surface area (Å²) in [5, 5.41) is 7.24. The molecule has 84 valence electrons. The number of hydrogen-bond acceptors (Lipinski definition) is 2. The third-order valence-electron chi connectivity index (χ3n) is 3.50. The smallest absolute Gasteiger partial charge is 0.0346 e. The molecule has 1 aromatic heterocycles. The van der Waals surface area contributed by atoms with Gasteiger partial charge in [0, 0.05) is 10.7 Å². The molecule has 1 aliphatic carbocycles. The van der Waals surface area contributed by atoms with Crippen molar-refractivity contribution in [2.45, 2.75) is 25.3 Å². The van der Waals surface area contributed by atoms with E-state index >= 15 is 0 Å². The Bertz CT molecular complexity index is 484. The minimum Gasteiger partial charge on any atom is -0.313 e. The van der Waals surface area contributed by atoms with Crippen LogP contribution in [-0.4, -0.2) is 7.05 Å². The fourth-order valence-corrected chi connectivity index (χ4v) is 3.37. The highest BCUT2D eigenvalue weighted by Gasteiger charge is 2.26. The number of nitrogens with one attached hydrogen (secondary N) is 1. The van der Waals surface area contributed by atoms with Crippen LogP contribution in [-0.2, 0) is 0 Å². The monoisotopic (exact) mass is 231 g/mol. The first-order valence-electron chi connectivity index (χ1n) is 6.02. The average Bonchev–Trinajstić information content (AvgIpc) is 3.04. The molecule has 16 heavy (non-hydrogen) atoms. The molecule has 3 rings (SSSR count). The van der Waals surface area contributed by atoms with E-state index in [0.717, 1.165) is 5.92 Å². The van der Waals surface area contributed by atoms with Crippen molar-refractivity contribution in [1.29, 1.82) is 0 Å². The zero-order valence-corrected chi connectivity index (χ0v) is 10.4. The Labute approximate surface area is 100 Å². The molecular weight excluding hydrogens is 214 g/mol. The van der Waals surface area contributed by atoms with Crippen molar-refractivity contribution in [1.82, 2.24) is 5.32 Å². The molecule has 1 fully saturated rings. The van der Waals surface area contributed by atoms with Crippen molar-refractivity contribution in [3.8, 4) is 0 Å². The summed E-state index contributed by atoms with van der Waals surface area (Å²) in [6.07, 6.45) is 4.16. The summed E-state index contributed by atoms with van der Waals surface area (Å²) in [4.78, 5) is 0. The van der Waals surface area contributed by atoms with Crippen LogP contribution in [0.4, 0.5) is 0 Å². The summed E-state index contributed by atoms with van der Waals surface area (Å²) < 4.78 is 1.41. The van der Waals surface area contributed by atoms with Crippen molar-refractivity contribution in [2.24, 2.45) is 5.92 Å². The molecule has 0 bridgehead atoms. The SMILES string of the molecule is CNC(CC1CC1)c1csc2ccccc12. The van der Waals surface area contributed by atoms with E-state index in [1.54, 1.807) is 0 Å². The molecule has 0 amide bonds. The highest BCUT2D eigenvalue weighted by atomic mass is 32.1. The highest BCUT2D eigenvalue weighted by Crippen LogP contribution is 2.40. The number of rotatable bonds is 4. The van der Waals surface area contributed by atoms with E-state index in [2.05, 4.69) is 42.0 Å². The topological polar surface area (TPSA) is 12.0 Å². The predicted molar refractivity (Wildman–Crippen MR) is 71.0 cm³/mol. The van der Waals surface area contributed by atoms with Gasteiger partial charge in [-0.05, 0) is 41.8 Å². The number of benzene rings is 1. The van der Waals surface area contributed by atoms with Gasteiger partial charge in [0.05, 0.1) is 0 Å². The molecule has 2 heteroatoms. The Morgan fingerprint density at radius 1 is 1.38 bits per heavy atom. The maximum Gasteiger partial charge on any atom is 0.0346 e. The fraction of sp³-hybridized carbons (Fsp3) is 0.429. The molecule has 1 unspecified atom stereocenters. The maximum absolute atomic E-state index is 3.47. The normalized spacial score (nSPS) is 17.8. The molecule has 1 aromatic carbocycles. The average molecular weight is 231 g/mol. The van der Waals surface area contributed by atoms with Crippen molar-refractivity contribution in [2.75, 3.05) is 7.05 Å². The summed E-state index contributed by atoms with van der Waals surface area (Å²) in [7, 11) is 2.08. The minimum atomic E-state index is 0.545. The van der Waals surface area contributed by atoms with E-state index in [0.29, 0.717) is 6.04 Å². The molecule has 1 saturated carbocycles. The molecule has 0 aliphatic heterocycles. The first kappa shape index (κ1) is 10.3. The highest BCUT2D eigenvalue weighted by molar-refractivity contribution is 7.17. The minimum absolute atomic E-state index is 0.545. The molecule has 0 spiro atoms. The summed E-state index contributed by atoms with van der Waals surface area (Å²) >= 11 is 1.87. The molecule has 1 N–H and O–H groups in total. The second kappa shape index (κ2) is 4.19. The zero-order valence-electron chi connectivity index (χ0n) is 9.57. The first-order valence-corrected chi connectivity index (χ1v) is 6.90. The van der Waals surface area contributed by atoms with Crippen molar-refractivity contribution in [3.05, 3.63) is 35.2 Å². The Hall–Kier alpha value is -0.860. The lowest BCUT2D eigenvalue weighted by molar-refractivity contribution is 0.518. The second-order valence-electron chi connectivity index (χ2n) is 4.71. The number of hydrogen-bond donors (Lipinski definition) is 1. The van der Waals surface area contributed by atoms with Gasteiger partial charge in [0.15, 0.2) is 0 Å². The van der Waals surface area contributed by atoms with E-state index < -0.39 is 0 Å². The van der Waals surface area contributed by atoms with Crippen LogP contribution in [0, 0.1) is 5.92 Å². The molecule has 1 atom stereocenters. The largest absolute Gasteiger partial charge is 0.313 e.